The first kappa shape index (κ1) is 14.1. The normalized spacial score (nSPS) is 36.9. The molecular formula is C10H20NO4S-. The van der Waals surface area contributed by atoms with Crippen molar-refractivity contribution in [2.45, 2.75) is 38.9 Å². The molecule has 2 N–H and O–H groups in total. The Morgan fingerprint density at radius 1 is 1.31 bits per heavy atom. The first-order chi connectivity index (χ1) is 7.51. The molecule has 0 aromatic rings. The summed E-state index contributed by atoms with van der Waals surface area (Å²) < 4.78 is 23.0. The minimum Gasteiger partial charge on any atom is -0.760 e. The van der Waals surface area contributed by atoms with Gasteiger partial charge in [-0.3, -0.25) is 4.21 Å². The molecule has 5 nitrogen and oxygen atoms in total. The summed E-state index contributed by atoms with van der Waals surface area (Å²) in [7, 11) is 0. The van der Waals surface area contributed by atoms with E-state index in [1.54, 1.807) is 6.92 Å². The Bertz CT molecular complexity index is 251. The summed E-state index contributed by atoms with van der Waals surface area (Å²) in [6, 6.07) is 0. The highest BCUT2D eigenvalue weighted by Gasteiger charge is 2.40. The van der Waals surface area contributed by atoms with Gasteiger partial charge in [-0.25, -0.2) is 4.31 Å². The molecule has 0 aromatic carbocycles. The standard InChI is InChI=1S/C10H21NO4S/c1-3-7-5-8(10(13)9(7)12)6-11(4-2)16(14)15/h7-10,12-13H,3-6H2,1-2H3,(H,14,15)/p-1. The third-order valence-corrected chi connectivity index (χ3v) is 4.28. The number of aliphatic hydroxyl groups is 2. The molecule has 1 rings (SSSR count). The minimum absolute atomic E-state index is 0.0822. The van der Waals surface area contributed by atoms with Gasteiger partial charge in [-0.1, -0.05) is 20.3 Å². The average Bonchev–Trinajstić information content (AvgIpc) is 2.52. The van der Waals surface area contributed by atoms with Gasteiger partial charge in [-0.2, -0.15) is 0 Å². The smallest absolute Gasteiger partial charge is 0.0842 e. The molecule has 0 radical (unpaired) electrons. The molecule has 0 amide bonds. The third kappa shape index (κ3) is 3.01. The van der Waals surface area contributed by atoms with Gasteiger partial charge in [0.1, 0.15) is 0 Å². The zero-order valence-corrected chi connectivity index (χ0v) is 10.5. The molecule has 0 heterocycles. The largest absolute Gasteiger partial charge is 0.760 e. The summed E-state index contributed by atoms with van der Waals surface area (Å²) in [5.74, 6) is -0.0726. The quantitative estimate of drug-likeness (QED) is 0.666. The first-order valence-electron chi connectivity index (χ1n) is 5.71. The molecule has 1 aliphatic rings. The fourth-order valence-corrected chi connectivity index (χ4v) is 2.90. The average molecular weight is 250 g/mol. The van der Waals surface area contributed by atoms with Crippen LogP contribution in [0.5, 0.6) is 0 Å². The van der Waals surface area contributed by atoms with Gasteiger partial charge < -0.3 is 14.8 Å². The Kier molecular flexibility index (Phi) is 5.33. The van der Waals surface area contributed by atoms with E-state index in [2.05, 4.69) is 0 Å². The SMILES string of the molecule is CCC1CC(CN(CC)S(=O)[O-])C(O)C1O. The van der Waals surface area contributed by atoms with E-state index < -0.39 is 23.5 Å². The van der Waals surface area contributed by atoms with Crippen LogP contribution in [0.15, 0.2) is 0 Å². The van der Waals surface area contributed by atoms with Crippen LogP contribution in [0, 0.1) is 11.8 Å². The van der Waals surface area contributed by atoms with Crippen molar-refractivity contribution >= 4 is 11.3 Å². The second-order valence-electron chi connectivity index (χ2n) is 4.34. The maximum absolute atomic E-state index is 10.8. The topological polar surface area (TPSA) is 83.8 Å². The molecule has 0 saturated heterocycles. The highest BCUT2D eigenvalue weighted by atomic mass is 32.2. The number of hydrogen-bond donors (Lipinski definition) is 2. The van der Waals surface area contributed by atoms with Crippen molar-refractivity contribution in [2.75, 3.05) is 13.1 Å². The van der Waals surface area contributed by atoms with Crippen LogP contribution in [0.25, 0.3) is 0 Å². The summed E-state index contributed by atoms with van der Waals surface area (Å²) in [5.41, 5.74) is 0. The number of nitrogens with zero attached hydrogens (tertiary/aromatic N) is 1. The maximum Gasteiger partial charge on any atom is 0.0842 e. The highest BCUT2D eigenvalue weighted by molar-refractivity contribution is 7.76. The van der Waals surface area contributed by atoms with Crippen LogP contribution < -0.4 is 0 Å². The van der Waals surface area contributed by atoms with E-state index in [4.69, 9.17) is 0 Å². The number of aliphatic hydroxyl groups excluding tert-OH is 2. The van der Waals surface area contributed by atoms with Crippen LogP contribution in [-0.4, -0.2) is 48.6 Å². The fourth-order valence-electron chi connectivity index (χ4n) is 2.37. The Morgan fingerprint density at radius 2 is 1.88 bits per heavy atom. The fraction of sp³-hybridized carbons (Fsp3) is 1.00. The van der Waals surface area contributed by atoms with Crippen molar-refractivity contribution in [1.82, 2.24) is 4.31 Å². The van der Waals surface area contributed by atoms with Crippen molar-refractivity contribution in [3.8, 4) is 0 Å². The Balaban J connectivity index is 2.58. The summed E-state index contributed by atoms with van der Waals surface area (Å²) in [5, 5.41) is 19.5. The lowest BCUT2D eigenvalue weighted by atomic mass is 10.0. The number of hydrogen-bond acceptors (Lipinski definition) is 4. The lowest BCUT2D eigenvalue weighted by Gasteiger charge is -2.27. The van der Waals surface area contributed by atoms with Gasteiger partial charge in [0.25, 0.3) is 0 Å². The van der Waals surface area contributed by atoms with E-state index in [9.17, 15) is 19.0 Å². The lowest BCUT2D eigenvalue weighted by molar-refractivity contribution is 0.00101. The summed E-state index contributed by atoms with van der Waals surface area (Å²) >= 11 is -2.25. The highest BCUT2D eigenvalue weighted by Crippen LogP contribution is 2.34. The Morgan fingerprint density at radius 3 is 2.25 bits per heavy atom. The van der Waals surface area contributed by atoms with Crippen LogP contribution in [0.3, 0.4) is 0 Å². The van der Waals surface area contributed by atoms with Gasteiger partial charge >= 0.3 is 0 Å². The second-order valence-corrected chi connectivity index (χ2v) is 5.29. The zero-order chi connectivity index (χ0) is 12.3. The zero-order valence-electron chi connectivity index (χ0n) is 9.70. The monoisotopic (exact) mass is 250 g/mol. The van der Waals surface area contributed by atoms with Crippen LogP contribution in [0.4, 0.5) is 0 Å². The van der Waals surface area contributed by atoms with E-state index in [1.807, 2.05) is 6.92 Å². The molecule has 96 valence electrons. The van der Waals surface area contributed by atoms with Crippen molar-refractivity contribution in [3.63, 3.8) is 0 Å². The van der Waals surface area contributed by atoms with Crippen LogP contribution >= 0.6 is 0 Å². The molecule has 1 fully saturated rings. The molecule has 6 heteroatoms. The third-order valence-electron chi connectivity index (χ3n) is 3.45. The second kappa shape index (κ2) is 6.07. The van der Waals surface area contributed by atoms with Gasteiger partial charge in [0.2, 0.25) is 0 Å². The summed E-state index contributed by atoms with van der Waals surface area (Å²) in [6.07, 6.45) is -0.0234. The first-order valence-corrected chi connectivity index (χ1v) is 6.74. The van der Waals surface area contributed by atoms with Crippen molar-refractivity contribution in [1.29, 1.82) is 0 Å². The van der Waals surface area contributed by atoms with Gasteiger partial charge in [0, 0.05) is 30.3 Å². The maximum atomic E-state index is 10.8. The molecule has 0 aliphatic heterocycles. The minimum atomic E-state index is -2.25. The van der Waals surface area contributed by atoms with Gasteiger partial charge in [-0.15, -0.1) is 0 Å². The molecule has 0 aromatic heterocycles. The molecule has 5 atom stereocenters. The van der Waals surface area contributed by atoms with Crippen LogP contribution in [0.2, 0.25) is 0 Å². The molecular weight excluding hydrogens is 230 g/mol. The van der Waals surface area contributed by atoms with Crippen LogP contribution in [0.1, 0.15) is 26.7 Å². The lowest BCUT2D eigenvalue weighted by Crippen LogP contribution is -2.36. The van der Waals surface area contributed by atoms with Crippen LogP contribution in [-0.2, 0) is 11.3 Å². The van der Waals surface area contributed by atoms with Crippen molar-refractivity contribution in [3.05, 3.63) is 0 Å². The van der Waals surface area contributed by atoms with Gasteiger partial charge in [0.05, 0.1) is 12.2 Å². The molecule has 5 unspecified atom stereocenters. The molecule has 1 aliphatic carbocycles. The summed E-state index contributed by atoms with van der Waals surface area (Å²) in [4.78, 5) is 0. The van der Waals surface area contributed by atoms with Crippen molar-refractivity contribution < 1.29 is 19.0 Å². The molecule has 1 saturated carbocycles. The van der Waals surface area contributed by atoms with Crippen molar-refractivity contribution in [2.24, 2.45) is 11.8 Å². The van der Waals surface area contributed by atoms with Gasteiger partial charge in [0.15, 0.2) is 0 Å². The van der Waals surface area contributed by atoms with E-state index in [0.29, 0.717) is 19.5 Å². The number of rotatable bonds is 5. The molecule has 16 heavy (non-hydrogen) atoms. The predicted octanol–water partition coefficient (Wildman–Crippen LogP) is -0.130. The Hall–Kier alpha value is -0.0100. The van der Waals surface area contributed by atoms with E-state index in [0.717, 1.165) is 6.42 Å². The van der Waals surface area contributed by atoms with E-state index >= 15 is 0 Å². The molecule has 0 bridgehead atoms. The van der Waals surface area contributed by atoms with E-state index in [-0.39, 0.29) is 11.8 Å². The predicted molar refractivity (Wildman–Crippen MR) is 60.1 cm³/mol. The van der Waals surface area contributed by atoms with Gasteiger partial charge in [-0.05, 0) is 12.3 Å². The summed E-state index contributed by atoms with van der Waals surface area (Å²) in [6.45, 7) is 4.41. The van der Waals surface area contributed by atoms with E-state index in [1.165, 1.54) is 4.31 Å². The molecule has 0 spiro atoms. The Labute approximate surface area is 98.9 Å².